The first kappa shape index (κ1) is 20.5. The molecule has 0 atom stereocenters. The van der Waals surface area contributed by atoms with Gasteiger partial charge in [-0.2, -0.15) is 4.98 Å². The number of pyridine rings is 1. The number of hydrogen-bond donors (Lipinski definition) is 4. The molecule has 0 spiro atoms. The first-order valence-corrected chi connectivity index (χ1v) is 10.5. The highest BCUT2D eigenvalue weighted by atomic mass is 32.2. The van der Waals surface area contributed by atoms with Crippen molar-refractivity contribution >= 4 is 27.5 Å². The summed E-state index contributed by atoms with van der Waals surface area (Å²) < 4.78 is 22.8. The van der Waals surface area contributed by atoms with E-state index in [0.29, 0.717) is 24.6 Å². The van der Waals surface area contributed by atoms with Crippen LogP contribution in [0.1, 0.15) is 11.1 Å². The Hall–Kier alpha value is -3.24. The summed E-state index contributed by atoms with van der Waals surface area (Å²) in [4.78, 5) is 12.4. The Kier molecular flexibility index (Phi) is 5.95. The number of nitrogen functional groups attached to an aromatic ring is 1. The summed E-state index contributed by atoms with van der Waals surface area (Å²) >= 11 is 0. The molecule has 0 amide bonds. The van der Waals surface area contributed by atoms with Crippen LogP contribution < -0.4 is 21.5 Å². The first-order valence-electron chi connectivity index (χ1n) is 8.91. The highest BCUT2D eigenvalue weighted by molar-refractivity contribution is 7.89. The fourth-order valence-electron chi connectivity index (χ4n) is 2.79. The van der Waals surface area contributed by atoms with Gasteiger partial charge in [0.05, 0.1) is 17.6 Å². The fraction of sp³-hybridized carbons (Fsp3) is 0.211. The Bertz CT molecular complexity index is 1130. The zero-order valence-electron chi connectivity index (χ0n) is 16.2. The molecule has 0 aliphatic heterocycles. The molecule has 0 bridgehead atoms. The molecule has 0 aliphatic rings. The number of nitrogens with one attached hydrogen (secondary N) is 2. The van der Waals surface area contributed by atoms with Crippen LogP contribution in [0.5, 0.6) is 0 Å². The lowest BCUT2D eigenvalue weighted by atomic mass is 10.0. The van der Waals surface area contributed by atoms with Gasteiger partial charge < -0.3 is 16.4 Å². The Balaban J connectivity index is 1.66. The van der Waals surface area contributed by atoms with E-state index in [-0.39, 0.29) is 10.8 Å². The summed E-state index contributed by atoms with van der Waals surface area (Å²) in [7, 11) is -3.79. The van der Waals surface area contributed by atoms with Gasteiger partial charge in [-0.1, -0.05) is 18.2 Å². The van der Waals surface area contributed by atoms with Gasteiger partial charge in [-0.05, 0) is 31.0 Å². The maximum absolute atomic E-state index is 11.4. The van der Waals surface area contributed by atoms with Crippen molar-refractivity contribution in [1.29, 1.82) is 0 Å². The number of sulfonamides is 1. The van der Waals surface area contributed by atoms with Crippen LogP contribution in [0.3, 0.4) is 0 Å². The highest BCUT2D eigenvalue weighted by Crippen LogP contribution is 2.26. The molecule has 10 heteroatoms. The van der Waals surface area contributed by atoms with E-state index >= 15 is 0 Å². The molecule has 0 saturated heterocycles. The molecule has 29 heavy (non-hydrogen) atoms. The Morgan fingerprint density at radius 2 is 1.79 bits per heavy atom. The number of hydrogen-bond acceptors (Lipinski definition) is 8. The second-order valence-electron chi connectivity index (χ2n) is 6.55. The zero-order valence-corrected chi connectivity index (χ0v) is 17.0. The lowest BCUT2D eigenvalue weighted by molar-refractivity contribution is 0.597. The monoisotopic (exact) mass is 413 g/mol. The number of aromatic nitrogens is 3. The molecule has 0 unspecified atom stereocenters. The van der Waals surface area contributed by atoms with Crippen LogP contribution in [0.2, 0.25) is 0 Å². The predicted molar refractivity (Wildman–Crippen MR) is 114 cm³/mol. The highest BCUT2D eigenvalue weighted by Gasteiger charge is 2.10. The molecule has 0 radical (unpaired) electrons. The first-order chi connectivity index (χ1) is 13.7. The van der Waals surface area contributed by atoms with Crippen molar-refractivity contribution in [3.63, 3.8) is 0 Å². The number of nitrogens with zero attached hydrogens (tertiary/aromatic N) is 3. The van der Waals surface area contributed by atoms with Crippen molar-refractivity contribution in [2.24, 2.45) is 5.14 Å². The van der Waals surface area contributed by atoms with Crippen LogP contribution in [-0.2, 0) is 10.0 Å². The molecule has 9 nitrogen and oxygen atoms in total. The molecule has 152 valence electrons. The summed E-state index contributed by atoms with van der Waals surface area (Å²) in [6.07, 6.45) is 2.73. The van der Waals surface area contributed by atoms with E-state index in [1.54, 1.807) is 0 Å². The van der Waals surface area contributed by atoms with E-state index < -0.39 is 10.0 Å². The van der Waals surface area contributed by atoms with Crippen LogP contribution >= 0.6 is 0 Å². The van der Waals surface area contributed by atoms with Crippen molar-refractivity contribution < 1.29 is 8.42 Å². The van der Waals surface area contributed by atoms with Crippen LogP contribution in [0.4, 0.5) is 17.5 Å². The van der Waals surface area contributed by atoms with Crippen LogP contribution in [0.25, 0.3) is 11.3 Å². The second-order valence-corrected chi connectivity index (χ2v) is 8.11. The lowest BCUT2D eigenvalue weighted by Crippen LogP contribution is -2.16. The predicted octanol–water partition coefficient (Wildman–Crippen LogP) is 1.91. The summed E-state index contributed by atoms with van der Waals surface area (Å²) in [5.74, 6) is 0.788. The topological polar surface area (TPSA) is 149 Å². The standard InChI is InChI=1S/C19H23N7O2S/c1-12-4-3-5-16(13(12)2)17-9-18(26-19(20)25-17)24-7-6-23-14-8-15(11-22-10-14)29(21,27)28/h3-5,8-11,23H,6-7H2,1-2H3,(H2,21,27,28)(H3,20,24,25,26). The second kappa shape index (κ2) is 8.41. The van der Waals surface area contributed by atoms with Gasteiger partial charge in [-0.3, -0.25) is 4.98 Å². The van der Waals surface area contributed by atoms with Gasteiger partial charge in [0.1, 0.15) is 10.7 Å². The molecular weight excluding hydrogens is 390 g/mol. The van der Waals surface area contributed by atoms with E-state index in [0.717, 1.165) is 16.8 Å². The SMILES string of the molecule is Cc1cccc(-c2cc(NCCNc3cncc(S(N)(=O)=O)c3)nc(N)n2)c1C. The quantitative estimate of drug-likeness (QED) is 0.429. The maximum Gasteiger partial charge on any atom is 0.239 e. The number of aryl methyl sites for hydroxylation is 1. The molecule has 0 aliphatic carbocycles. The molecule has 0 saturated carbocycles. The van der Waals surface area contributed by atoms with Crippen LogP contribution in [0.15, 0.2) is 47.6 Å². The third kappa shape index (κ3) is 5.18. The minimum absolute atomic E-state index is 0.0443. The number of nitrogens with two attached hydrogens (primary N) is 2. The van der Waals surface area contributed by atoms with E-state index in [4.69, 9.17) is 10.9 Å². The number of anilines is 3. The molecule has 2 aromatic heterocycles. The molecule has 1 aromatic carbocycles. The minimum atomic E-state index is -3.79. The van der Waals surface area contributed by atoms with Crippen molar-refractivity contribution in [2.75, 3.05) is 29.5 Å². The third-order valence-corrected chi connectivity index (χ3v) is 5.31. The van der Waals surface area contributed by atoms with Gasteiger partial charge in [0.15, 0.2) is 0 Å². The normalized spacial score (nSPS) is 11.3. The molecular formula is C19H23N7O2S. The van der Waals surface area contributed by atoms with Crippen LogP contribution in [0, 0.1) is 13.8 Å². The lowest BCUT2D eigenvalue weighted by Gasteiger charge is -2.12. The Labute approximate surface area is 169 Å². The molecule has 3 rings (SSSR count). The average molecular weight is 414 g/mol. The zero-order chi connectivity index (χ0) is 21.0. The Morgan fingerprint density at radius 1 is 1.03 bits per heavy atom. The largest absolute Gasteiger partial charge is 0.382 e. The Morgan fingerprint density at radius 3 is 2.55 bits per heavy atom. The summed E-state index contributed by atoms with van der Waals surface area (Å²) in [5, 5.41) is 11.4. The fourth-order valence-corrected chi connectivity index (χ4v) is 3.29. The van der Waals surface area contributed by atoms with Gasteiger partial charge in [-0.15, -0.1) is 0 Å². The minimum Gasteiger partial charge on any atom is -0.382 e. The van der Waals surface area contributed by atoms with Gasteiger partial charge >= 0.3 is 0 Å². The molecule has 2 heterocycles. The van der Waals surface area contributed by atoms with Crippen molar-refractivity contribution in [1.82, 2.24) is 15.0 Å². The maximum atomic E-state index is 11.4. The summed E-state index contributed by atoms with van der Waals surface area (Å²) in [5.41, 5.74) is 10.5. The van der Waals surface area contributed by atoms with Crippen LogP contribution in [-0.4, -0.2) is 36.5 Å². The van der Waals surface area contributed by atoms with Gasteiger partial charge in [0.25, 0.3) is 0 Å². The van der Waals surface area contributed by atoms with Gasteiger partial charge in [0.2, 0.25) is 16.0 Å². The van der Waals surface area contributed by atoms with E-state index in [1.165, 1.54) is 24.0 Å². The van der Waals surface area contributed by atoms with Gasteiger partial charge in [-0.25, -0.2) is 18.5 Å². The summed E-state index contributed by atoms with van der Waals surface area (Å²) in [6.45, 7) is 5.11. The molecule has 0 fully saturated rings. The van der Waals surface area contributed by atoms with Crippen molar-refractivity contribution in [3.05, 3.63) is 53.9 Å². The summed E-state index contributed by atoms with van der Waals surface area (Å²) in [6, 6.07) is 9.32. The van der Waals surface area contributed by atoms with Crippen molar-refractivity contribution in [2.45, 2.75) is 18.7 Å². The third-order valence-electron chi connectivity index (χ3n) is 4.43. The number of benzene rings is 1. The number of rotatable bonds is 7. The van der Waals surface area contributed by atoms with Gasteiger partial charge in [0, 0.05) is 30.9 Å². The van der Waals surface area contributed by atoms with E-state index in [2.05, 4.69) is 25.6 Å². The molecule has 3 aromatic rings. The van der Waals surface area contributed by atoms with Crippen molar-refractivity contribution in [3.8, 4) is 11.3 Å². The molecule has 6 N–H and O–H groups in total. The van der Waals surface area contributed by atoms with E-state index in [1.807, 2.05) is 38.1 Å². The smallest absolute Gasteiger partial charge is 0.239 e. The number of primary sulfonamides is 1. The van der Waals surface area contributed by atoms with E-state index in [9.17, 15) is 8.42 Å². The average Bonchev–Trinajstić information content (AvgIpc) is 2.66.